The van der Waals surface area contributed by atoms with E-state index in [0.29, 0.717) is 23.1 Å². The molecule has 0 saturated carbocycles. The zero-order chi connectivity index (χ0) is 17.4. The summed E-state index contributed by atoms with van der Waals surface area (Å²) < 4.78 is 0. The van der Waals surface area contributed by atoms with Gasteiger partial charge in [0.2, 0.25) is 5.91 Å². The van der Waals surface area contributed by atoms with E-state index in [1.165, 1.54) is 0 Å². The van der Waals surface area contributed by atoms with Gasteiger partial charge >= 0.3 is 5.97 Å². The third-order valence-corrected chi connectivity index (χ3v) is 4.04. The van der Waals surface area contributed by atoms with Crippen molar-refractivity contribution in [3.63, 3.8) is 0 Å². The van der Waals surface area contributed by atoms with Crippen LogP contribution >= 0.6 is 23.2 Å². The quantitative estimate of drug-likeness (QED) is 0.734. The molecule has 1 rings (SSSR count). The summed E-state index contributed by atoms with van der Waals surface area (Å²) in [5.41, 5.74) is 0.868. The fraction of sp³-hybridized carbons (Fsp3) is 0.500. The molecule has 0 unspecified atom stereocenters. The number of carbonyl (C=O) groups is 2. The number of hydrogen-bond donors (Lipinski definition) is 1. The van der Waals surface area contributed by atoms with Gasteiger partial charge in [-0.15, -0.1) is 0 Å². The number of nitrogens with zero attached hydrogens (tertiary/aromatic N) is 2. The van der Waals surface area contributed by atoms with E-state index >= 15 is 0 Å². The van der Waals surface area contributed by atoms with E-state index < -0.39 is 5.97 Å². The smallest absolute Gasteiger partial charge is 0.303 e. The van der Waals surface area contributed by atoms with Gasteiger partial charge in [-0.1, -0.05) is 29.3 Å². The van der Waals surface area contributed by atoms with Crippen LogP contribution in [0.25, 0.3) is 0 Å². The zero-order valence-electron chi connectivity index (χ0n) is 13.4. The first kappa shape index (κ1) is 19.7. The van der Waals surface area contributed by atoms with Crippen molar-refractivity contribution in [1.82, 2.24) is 9.80 Å². The molecule has 0 atom stereocenters. The molecule has 5 nitrogen and oxygen atoms in total. The Balaban J connectivity index is 2.73. The maximum atomic E-state index is 12.3. The zero-order valence-corrected chi connectivity index (χ0v) is 14.9. The van der Waals surface area contributed by atoms with Crippen molar-refractivity contribution in [1.29, 1.82) is 0 Å². The van der Waals surface area contributed by atoms with Crippen LogP contribution in [0.2, 0.25) is 10.0 Å². The predicted octanol–water partition coefficient (Wildman–Crippen LogP) is 3.14. The third-order valence-electron chi connectivity index (χ3n) is 3.30. The molecule has 0 bridgehead atoms. The summed E-state index contributed by atoms with van der Waals surface area (Å²) in [5, 5.41) is 9.64. The van der Waals surface area contributed by atoms with Gasteiger partial charge < -0.3 is 14.9 Å². The van der Waals surface area contributed by atoms with Crippen LogP contribution in [0.15, 0.2) is 18.2 Å². The fourth-order valence-electron chi connectivity index (χ4n) is 2.10. The number of hydrogen-bond acceptors (Lipinski definition) is 3. The topological polar surface area (TPSA) is 60.9 Å². The van der Waals surface area contributed by atoms with Crippen molar-refractivity contribution >= 4 is 35.1 Å². The van der Waals surface area contributed by atoms with Crippen LogP contribution < -0.4 is 0 Å². The number of aliphatic carboxylic acids is 1. The second kappa shape index (κ2) is 9.75. The van der Waals surface area contributed by atoms with E-state index in [-0.39, 0.29) is 18.7 Å². The van der Waals surface area contributed by atoms with E-state index in [9.17, 15) is 9.59 Å². The Morgan fingerprint density at radius 2 is 1.78 bits per heavy atom. The highest BCUT2D eigenvalue weighted by atomic mass is 35.5. The van der Waals surface area contributed by atoms with Crippen LogP contribution in [0.4, 0.5) is 0 Å². The number of carbonyl (C=O) groups excluding carboxylic acids is 1. The van der Waals surface area contributed by atoms with Crippen LogP contribution in [0, 0.1) is 0 Å². The Kier molecular flexibility index (Phi) is 8.37. The van der Waals surface area contributed by atoms with Crippen molar-refractivity contribution in [2.24, 2.45) is 0 Å². The Labute approximate surface area is 146 Å². The van der Waals surface area contributed by atoms with Crippen molar-refractivity contribution in [3.05, 3.63) is 33.8 Å². The lowest BCUT2D eigenvalue weighted by atomic mass is 10.2. The van der Waals surface area contributed by atoms with Crippen molar-refractivity contribution in [2.45, 2.75) is 25.8 Å². The molecule has 0 aliphatic heterocycles. The summed E-state index contributed by atoms with van der Waals surface area (Å²) in [6.07, 6.45) is 0.649. The lowest BCUT2D eigenvalue weighted by Crippen LogP contribution is -2.33. The number of rotatable bonds is 9. The second-order valence-corrected chi connectivity index (χ2v) is 6.43. The lowest BCUT2D eigenvalue weighted by Gasteiger charge is -2.24. The van der Waals surface area contributed by atoms with Gasteiger partial charge in [0.1, 0.15) is 0 Å². The van der Waals surface area contributed by atoms with E-state index in [0.717, 1.165) is 18.5 Å². The molecule has 0 radical (unpaired) electrons. The molecule has 1 aromatic rings. The average molecular weight is 361 g/mol. The van der Waals surface area contributed by atoms with E-state index in [4.69, 9.17) is 28.3 Å². The van der Waals surface area contributed by atoms with Gasteiger partial charge in [0.05, 0.1) is 16.5 Å². The largest absolute Gasteiger partial charge is 0.481 e. The third kappa shape index (κ3) is 7.68. The molecular formula is C16H22Cl2N2O3. The summed E-state index contributed by atoms with van der Waals surface area (Å²) in [6, 6.07) is 5.24. The number of carboxylic acids is 1. The minimum absolute atomic E-state index is 0.00137. The first-order valence-corrected chi connectivity index (χ1v) is 8.13. The maximum absolute atomic E-state index is 12.3. The number of benzene rings is 1. The molecule has 0 heterocycles. The molecule has 0 aromatic heterocycles. The normalized spacial score (nSPS) is 10.8. The van der Waals surface area contributed by atoms with E-state index in [2.05, 4.69) is 0 Å². The van der Waals surface area contributed by atoms with E-state index in [1.807, 2.05) is 25.1 Å². The highest BCUT2D eigenvalue weighted by molar-refractivity contribution is 6.42. The molecule has 0 saturated heterocycles. The molecule has 1 aromatic carbocycles. The van der Waals surface area contributed by atoms with Crippen molar-refractivity contribution in [3.8, 4) is 0 Å². The van der Waals surface area contributed by atoms with Crippen LogP contribution in [0.5, 0.6) is 0 Å². The molecule has 7 heteroatoms. The molecule has 0 aliphatic rings. The van der Waals surface area contributed by atoms with Crippen molar-refractivity contribution < 1.29 is 14.7 Å². The maximum Gasteiger partial charge on any atom is 0.303 e. The fourth-order valence-corrected chi connectivity index (χ4v) is 2.42. The second-order valence-electron chi connectivity index (χ2n) is 5.61. The van der Waals surface area contributed by atoms with Gasteiger partial charge in [-0.25, -0.2) is 0 Å². The molecular weight excluding hydrogens is 339 g/mol. The lowest BCUT2D eigenvalue weighted by molar-refractivity contribution is -0.141. The van der Waals surface area contributed by atoms with Crippen LogP contribution in [0.3, 0.4) is 0 Å². The standard InChI is InChI=1S/C16H22Cl2N2O3/c1-19(2)8-3-9-20(15(21)6-7-16(22)23)11-12-4-5-13(17)14(18)10-12/h4-5,10H,3,6-9,11H2,1-2H3,(H,22,23). The Morgan fingerprint density at radius 1 is 1.09 bits per heavy atom. The van der Waals surface area contributed by atoms with Gasteiger partial charge in [-0.3, -0.25) is 9.59 Å². The van der Waals surface area contributed by atoms with Crippen LogP contribution in [-0.4, -0.2) is 54.0 Å². The highest BCUT2D eigenvalue weighted by Crippen LogP contribution is 2.23. The highest BCUT2D eigenvalue weighted by Gasteiger charge is 2.15. The van der Waals surface area contributed by atoms with Crippen LogP contribution in [0.1, 0.15) is 24.8 Å². The van der Waals surface area contributed by atoms with Gasteiger partial charge in [0.15, 0.2) is 0 Å². The summed E-state index contributed by atoms with van der Waals surface area (Å²) in [6.45, 7) is 1.81. The molecule has 1 N–H and O–H groups in total. The summed E-state index contributed by atoms with van der Waals surface area (Å²) in [5.74, 6) is -1.14. The molecule has 0 spiro atoms. The first-order chi connectivity index (χ1) is 10.8. The summed E-state index contributed by atoms with van der Waals surface area (Å²) in [7, 11) is 3.94. The Morgan fingerprint density at radius 3 is 2.35 bits per heavy atom. The molecule has 128 valence electrons. The van der Waals surface area contributed by atoms with Gasteiger partial charge in [0, 0.05) is 19.5 Å². The van der Waals surface area contributed by atoms with E-state index in [1.54, 1.807) is 17.0 Å². The minimum Gasteiger partial charge on any atom is -0.481 e. The Hall–Kier alpha value is -1.30. The molecule has 0 aliphatic carbocycles. The number of amides is 1. The van der Waals surface area contributed by atoms with Gasteiger partial charge in [0.25, 0.3) is 0 Å². The first-order valence-electron chi connectivity index (χ1n) is 7.38. The predicted molar refractivity (Wildman–Crippen MR) is 91.9 cm³/mol. The molecule has 1 amide bonds. The van der Waals surface area contributed by atoms with Gasteiger partial charge in [-0.2, -0.15) is 0 Å². The molecule has 0 fully saturated rings. The summed E-state index contributed by atoms with van der Waals surface area (Å²) in [4.78, 5) is 26.6. The average Bonchev–Trinajstić information content (AvgIpc) is 2.47. The number of halogens is 2. The van der Waals surface area contributed by atoms with Gasteiger partial charge in [-0.05, 0) is 44.8 Å². The summed E-state index contributed by atoms with van der Waals surface area (Å²) >= 11 is 11.9. The number of carboxylic acid groups (broad SMARTS) is 1. The molecule has 23 heavy (non-hydrogen) atoms. The Bertz CT molecular complexity index is 550. The SMILES string of the molecule is CN(C)CCCN(Cc1ccc(Cl)c(Cl)c1)C(=O)CCC(=O)O. The monoisotopic (exact) mass is 360 g/mol. The van der Waals surface area contributed by atoms with Crippen LogP contribution in [-0.2, 0) is 16.1 Å². The minimum atomic E-state index is -0.971. The van der Waals surface area contributed by atoms with Crippen molar-refractivity contribution in [2.75, 3.05) is 27.2 Å².